The second-order valence-electron chi connectivity index (χ2n) is 10.1. The van der Waals surface area contributed by atoms with Gasteiger partial charge in [0.05, 0.1) is 5.69 Å². The predicted octanol–water partition coefficient (Wildman–Crippen LogP) is 8.88. The average molecular weight is 410 g/mol. The van der Waals surface area contributed by atoms with Crippen LogP contribution >= 0.6 is 0 Å². The van der Waals surface area contributed by atoms with Crippen molar-refractivity contribution in [2.75, 3.05) is 0 Å². The Hall–Kier alpha value is -2.80. The maximum absolute atomic E-state index is 3.71. The van der Waals surface area contributed by atoms with Gasteiger partial charge in [-0.15, -0.1) is 0 Å². The summed E-state index contributed by atoms with van der Waals surface area (Å²) in [7, 11) is 0. The number of para-hydroxylation sites is 1. The molecule has 1 aromatic heterocycles. The molecule has 1 heteroatoms. The molecular formula is C30H35N. The number of fused-ring (bicyclic) bond motifs is 1. The van der Waals surface area contributed by atoms with E-state index in [1.165, 1.54) is 44.4 Å². The third-order valence-corrected chi connectivity index (χ3v) is 7.38. The molecule has 0 bridgehead atoms. The van der Waals surface area contributed by atoms with Crippen LogP contribution in [0.1, 0.15) is 65.5 Å². The fraction of sp³-hybridized carbons (Fsp3) is 0.333. The molecule has 1 heterocycles. The molecule has 0 aliphatic carbocycles. The summed E-state index contributed by atoms with van der Waals surface area (Å²) < 4.78 is 0. The number of nitrogens with one attached hydrogen (secondary N) is 1. The first kappa shape index (κ1) is 21.4. The van der Waals surface area contributed by atoms with Gasteiger partial charge in [0.1, 0.15) is 0 Å². The second-order valence-corrected chi connectivity index (χ2v) is 10.1. The first-order chi connectivity index (χ1) is 14.8. The largest absolute Gasteiger partial charge is 0.354 e. The Morgan fingerprint density at radius 3 is 1.61 bits per heavy atom. The molecule has 160 valence electrons. The number of aromatic nitrogens is 1. The van der Waals surface area contributed by atoms with Gasteiger partial charge >= 0.3 is 0 Å². The molecule has 31 heavy (non-hydrogen) atoms. The highest BCUT2D eigenvalue weighted by Gasteiger charge is 2.21. The van der Waals surface area contributed by atoms with E-state index in [2.05, 4.69) is 119 Å². The van der Waals surface area contributed by atoms with Gasteiger partial charge in [-0.25, -0.2) is 0 Å². The molecular weight excluding hydrogens is 374 g/mol. The molecule has 1 N–H and O–H groups in total. The van der Waals surface area contributed by atoms with E-state index in [-0.39, 0.29) is 10.8 Å². The Bertz CT molecular complexity index is 1170. The van der Waals surface area contributed by atoms with Crippen LogP contribution in [0.25, 0.3) is 33.3 Å². The summed E-state index contributed by atoms with van der Waals surface area (Å²) in [6.45, 7) is 13.8. The van der Waals surface area contributed by atoms with Gasteiger partial charge in [-0.2, -0.15) is 0 Å². The first-order valence-electron chi connectivity index (χ1n) is 11.6. The van der Waals surface area contributed by atoms with Gasteiger partial charge in [-0.05, 0) is 52.0 Å². The van der Waals surface area contributed by atoms with Crippen LogP contribution in [0, 0.1) is 0 Å². The maximum atomic E-state index is 3.71. The lowest BCUT2D eigenvalue weighted by Gasteiger charge is -2.24. The van der Waals surface area contributed by atoms with E-state index < -0.39 is 0 Å². The molecule has 0 fully saturated rings. The van der Waals surface area contributed by atoms with Crippen LogP contribution in [-0.4, -0.2) is 4.98 Å². The number of benzene rings is 3. The maximum Gasteiger partial charge on any atom is 0.0544 e. The molecule has 0 saturated heterocycles. The lowest BCUT2D eigenvalue weighted by molar-refractivity contribution is 0.506. The molecule has 0 radical (unpaired) electrons. The standard InChI is InChI=1S/C30H35N/c1-7-29(3,4)23-17-13-21(14-18-23)27-25-11-9-10-12-26(25)31-28(27)22-15-19-24(20-16-22)30(5,6)8-2/h9-20,31H,7-8H2,1-6H3. The van der Waals surface area contributed by atoms with E-state index in [1.54, 1.807) is 0 Å². The van der Waals surface area contributed by atoms with Crippen LogP contribution < -0.4 is 0 Å². The minimum Gasteiger partial charge on any atom is -0.354 e. The highest BCUT2D eigenvalue weighted by Crippen LogP contribution is 2.40. The predicted molar refractivity (Wildman–Crippen MR) is 136 cm³/mol. The molecule has 4 rings (SSSR count). The fourth-order valence-corrected chi connectivity index (χ4v) is 4.24. The molecule has 1 nitrogen and oxygen atoms in total. The Balaban J connectivity index is 1.84. The average Bonchev–Trinajstić information content (AvgIpc) is 3.19. The SMILES string of the molecule is CCC(C)(C)c1ccc(-c2[nH]c3ccccc3c2-c2ccc(C(C)(C)CC)cc2)cc1. The smallest absolute Gasteiger partial charge is 0.0544 e. The Morgan fingerprint density at radius 1 is 0.613 bits per heavy atom. The van der Waals surface area contributed by atoms with E-state index in [4.69, 9.17) is 0 Å². The molecule has 0 saturated carbocycles. The van der Waals surface area contributed by atoms with Crippen LogP contribution in [0.3, 0.4) is 0 Å². The normalized spacial score (nSPS) is 12.5. The van der Waals surface area contributed by atoms with Crippen molar-refractivity contribution in [3.05, 3.63) is 83.9 Å². The van der Waals surface area contributed by atoms with E-state index in [9.17, 15) is 0 Å². The van der Waals surface area contributed by atoms with Crippen molar-refractivity contribution >= 4 is 10.9 Å². The van der Waals surface area contributed by atoms with Crippen LogP contribution in [0.5, 0.6) is 0 Å². The number of H-pyrrole nitrogens is 1. The van der Waals surface area contributed by atoms with Gasteiger partial charge in [0.25, 0.3) is 0 Å². The Morgan fingerprint density at radius 2 is 1.10 bits per heavy atom. The lowest BCUT2D eigenvalue weighted by atomic mass is 9.81. The van der Waals surface area contributed by atoms with Crippen LogP contribution in [0.15, 0.2) is 72.8 Å². The molecule has 0 spiro atoms. The van der Waals surface area contributed by atoms with Gasteiger partial charge in [-0.3, -0.25) is 0 Å². The number of rotatable bonds is 6. The lowest BCUT2D eigenvalue weighted by Crippen LogP contribution is -2.15. The van der Waals surface area contributed by atoms with Crippen molar-refractivity contribution in [3.63, 3.8) is 0 Å². The highest BCUT2D eigenvalue weighted by molar-refractivity contribution is 6.03. The highest BCUT2D eigenvalue weighted by atomic mass is 14.7. The van der Waals surface area contributed by atoms with Crippen LogP contribution in [-0.2, 0) is 10.8 Å². The van der Waals surface area contributed by atoms with Gasteiger partial charge in [0.15, 0.2) is 0 Å². The van der Waals surface area contributed by atoms with E-state index in [0.717, 1.165) is 12.8 Å². The minimum absolute atomic E-state index is 0.198. The molecule has 0 amide bonds. The van der Waals surface area contributed by atoms with Crippen molar-refractivity contribution in [1.82, 2.24) is 4.98 Å². The number of hydrogen-bond acceptors (Lipinski definition) is 0. The summed E-state index contributed by atoms with van der Waals surface area (Å²) in [5.41, 5.74) is 9.36. The van der Waals surface area contributed by atoms with Gasteiger partial charge in [0, 0.05) is 16.5 Å². The Labute approximate surface area is 187 Å². The fourth-order valence-electron chi connectivity index (χ4n) is 4.24. The molecule has 0 aliphatic heterocycles. The molecule has 0 unspecified atom stereocenters. The third kappa shape index (κ3) is 3.94. The topological polar surface area (TPSA) is 15.8 Å². The van der Waals surface area contributed by atoms with Crippen LogP contribution in [0.4, 0.5) is 0 Å². The zero-order chi connectivity index (χ0) is 22.2. The summed E-state index contributed by atoms with van der Waals surface area (Å²) >= 11 is 0. The summed E-state index contributed by atoms with van der Waals surface area (Å²) in [4.78, 5) is 3.71. The van der Waals surface area contributed by atoms with Gasteiger partial charge in [-0.1, -0.05) is 108 Å². The quantitative estimate of drug-likeness (QED) is 0.327. The van der Waals surface area contributed by atoms with Crippen LogP contribution in [0.2, 0.25) is 0 Å². The van der Waals surface area contributed by atoms with E-state index >= 15 is 0 Å². The summed E-state index contributed by atoms with van der Waals surface area (Å²) in [5.74, 6) is 0. The number of hydrogen-bond donors (Lipinski definition) is 1. The van der Waals surface area contributed by atoms with Gasteiger partial charge < -0.3 is 4.98 Å². The molecule has 4 aromatic rings. The molecule has 0 atom stereocenters. The summed E-state index contributed by atoms with van der Waals surface area (Å²) in [6.07, 6.45) is 2.26. The summed E-state index contributed by atoms with van der Waals surface area (Å²) in [6, 6.07) is 27.0. The third-order valence-electron chi connectivity index (χ3n) is 7.38. The minimum atomic E-state index is 0.198. The van der Waals surface area contributed by atoms with Crippen molar-refractivity contribution in [1.29, 1.82) is 0 Å². The summed E-state index contributed by atoms with van der Waals surface area (Å²) in [5, 5.41) is 1.28. The molecule has 0 aliphatic rings. The van der Waals surface area contributed by atoms with E-state index in [1.807, 2.05) is 0 Å². The zero-order valence-electron chi connectivity index (χ0n) is 19.8. The van der Waals surface area contributed by atoms with Crippen molar-refractivity contribution in [3.8, 4) is 22.4 Å². The van der Waals surface area contributed by atoms with E-state index in [0.29, 0.717) is 0 Å². The zero-order valence-corrected chi connectivity index (χ0v) is 19.8. The second kappa shape index (κ2) is 8.04. The monoisotopic (exact) mass is 409 g/mol. The Kier molecular flexibility index (Phi) is 5.56. The van der Waals surface area contributed by atoms with Crippen molar-refractivity contribution in [2.45, 2.75) is 65.2 Å². The first-order valence-corrected chi connectivity index (χ1v) is 11.6. The van der Waals surface area contributed by atoms with Crippen molar-refractivity contribution in [2.24, 2.45) is 0 Å². The molecule has 3 aromatic carbocycles. The number of aromatic amines is 1. The van der Waals surface area contributed by atoms with Gasteiger partial charge in [0.2, 0.25) is 0 Å². The van der Waals surface area contributed by atoms with Crippen molar-refractivity contribution < 1.29 is 0 Å².